The van der Waals surface area contributed by atoms with Gasteiger partial charge in [-0.1, -0.05) is 0 Å². The first-order valence-electron chi connectivity index (χ1n) is 6.04. The maximum atomic E-state index is 12.3. The van der Waals surface area contributed by atoms with E-state index in [1.807, 2.05) is 0 Å². The molecule has 0 unspecified atom stereocenters. The van der Waals surface area contributed by atoms with Crippen molar-refractivity contribution in [2.75, 3.05) is 25.1 Å². The highest BCUT2D eigenvalue weighted by molar-refractivity contribution is 5.45. The number of ether oxygens (including phenoxy) is 1. The zero-order chi connectivity index (χ0) is 13.0. The van der Waals surface area contributed by atoms with E-state index in [9.17, 15) is 13.2 Å². The van der Waals surface area contributed by atoms with Crippen LogP contribution in [0.1, 0.15) is 18.4 Å². The molecule has 0 bridgehead atoms. The Hall–Kier alpha value is -1.23. The van der Waals surface area contributed by atoms with Crippen LogP contribution in [0.4, 0.5) is 18.9 Å². The van der Waals surface area contributed by atoms with E-state index in [0.717, 1.165) is 24.7 Å². The fraction of sp³-hybridized carbons (Fsp3) is 0.538. The molecule has 0 spiro atoms. The molecular formula is C13H16F3NO. The van der Waals surface area contributed by atoms with Gasteiger partial charge in [0.05, 0.1) is 12.2 Å². The van der Waals surface area contributed by atoms with Crippen molar-refractivity contribution in [1.29, 1.82) is 0 Å². The molecule has 0 heterocycles. The minimum absolute atomic E-state index is 0.581. The molecule has 1 fully saturated rings. The smallest absolute Gasteiger partial charge is 0.383 e. The standard InChI is InChI=1S/C13H16F3NO/c14-13(15,16)11-3-5-12(6-4-11)17-7-8-18-9-10-1-2-10/h3-6,10,17H,1-2,7-9H2. The van der Waals surface area contributed by atoms with E-state index < -0.39 is 11.7 Å². The topological polar surface area (TPSA) is 21.3 Å². The average Bonchev–Trinajstić information content (AvgIpc) is 3.12. The second-order valence-electron chi connectivity index (χ2n) is 4.52. The molecule has 2 nitrogen and oxygen atoms in total. The van der Waals surface area contributed by atoms with Gasteiger partial charge in [-0.15, -0.1) is 0 Å². The van der Waals surface area contributed by atoms with E-state index in [1.54, 1.807) is 0 Å². The highest BCUT2D eigenvalue weighted by Crippen LogP contribution is 2.30. The predicted octanol–water partition coefficient (Wildman–Crippen LogP) is 3.54. The predicted molar refractivity (Wildman–Crippen MR) is 63.5 cm³/mol. The Kier molecular flexibility index (Phi) is 4.11. The van der Waals surface area contributed by atoms with Gasteiger partial charge in [0.2, 0.25) is 0 Å². The molecule has 0 atom stereocenters. The van der Waals surface area contributed by atoms with E-state index in [1.165, 1.54) is 25.0 Å². The monoisotopic (exact) mass is 259 g/mol. The zero-order valence-electron chi connectivity index (χ0n) is 9.96. The number of alkyl halides is 3. The summed E-state index contributed by atoms with van der Waals surface area (Å²) in [5.74, 6) is 0.732. The maximum Gasteiger partial charge on any atom is 0.416 e. The molecule has 1 aliphatic rings. The number of hydrogen-bond acceptors (Lipinski definition) is 2. The summed E-state index contributed by atoms with van der Waals surface area (Å²) in [5, 5.41) is 3.03. The fourth-order valence-electron chi connectivity index (χ4n) is 1.58. The van der Waals surface area contributed by atoms with Crippen LogP contribution >= 0.6 is 0 Å². The van der Waals surface area contributed by atoms with Crippen LogP contribution in [0.2, 0.25) is 0 Å². The van der Waals surface area contributed by atoms with E-state index in [-0.39, 0.29) is 0 Å². The molecular weight excluding hydrogens is 243 g/mol. The maximum absolute atomic E-state index is 12.3. The Balaban J connectivity index is 1.69. The van der Waals surface area contributed by atoms with Crippen LogP contribution in [0.15, 0.2) is 24.3 Å². The largest absolute Gasteiger partial charge is 0.416 e. The number of rotatable bonds is 6. The summed E-state index contributed by atoms with van der Waals surface area (Å²) in [4.78, 5) is 0. The first-order chi connectivity index (χ1) is 8.55. The van der Waals surface area contributed by atoms with Gasteiger partial charge in [0.15, 0.2) is 0 Å². The molecule has 1 aromatic carbocycles. The lowest BCUT2D eigenvalue weighted by Gasteiger charge is -2.09. The first-order valence-corrected chi connectivity index (χ1v) is 6.04. The fourth-order valence-corrected chi connectivity index (χ4v) is 1.58. The first kappa shape index (κ1) is 13.2. The van der Waals surface area contributed by atoms with Crippen molar-refractivity contribution in [3.8, 4) is 0 Å². The van der Waals surface area contributed by atoms with Crippen LogP contribution in [0.3, 0.4) is 0 Å². The van der Waals surface area contributed by atoms with Crippen LogP contribution in [-0.4, -0.2) is 19.8 Å². The summed E-state index contributed by atoms with van der Waals surface area (Å²) < 4.78 is 42.4. The third-order valence-electron chi connectivity index (χ3n) is 2.84. The number of hydrogen-bond donors (Lipinski definition) is 1. The molecule has 1 aromatic rings. The lowest BCUT2D eigenvalue weighted by Crippen LogP contribution is -2.11. The Bertz CT molecular complexity index is 371. The Labute approximate surface area is 104 Å². The van der Waals surface area contributed by atoms with Crippen molar-refractivity contribution in [3.05, 3.63) is 29.8 Å². The van der Waals surface area contributed by atoms with Gasteiger partial charge in [-0.2, -0.15) is 13.2 Å². The van der Waals surface area contributed by atoms with Crippen molar-refractivity contribution in [2.24, 2.45) is 5.92 Å². The molecule has 0 amide bonds. The summed E-state index contributed by atoms with van der Waals surface area (Å²) in [6, 6.07) is 5.02. The van der Waals surface area contributed by atoms with Crippen molar-refractivity contribution < 1.29 is 17.9 Å². The summed E-state index contributed by atoms with van der Waals surface area (Å²) in [6.45, 7) is 1.99. The van der Waals surface area contributed by atoms with E-state index >= 15 is 0 Å². The number of benzene rings is 1. The van der Waals surface area contributed by atoms with Crippen LogP contribution in [0.25, 0.3) is 0 Å². The van der Waals surface area contributed by atoms with Gasteiger partial charge in [-0.3, -0.25) is 0 Å². The summed E-state index contributed by atoms with van der Waals surface area (Å²) in [6.07, 6.45) is -1.76. The zero-order valence-corrected chi connectivity index (χ0v) is 9.96. The molecule has 1 aliphatic carbocycles. The van der Waals surface area contributed by atoms with Gasteiger partial charge in [-0.05, 0) is 43.0 Å². The molecule has 0 aromatic heterocycles. The average molecular weight is 259 g/mol. The molecule has 0 radical (unpaired) electrons. The van der Waals surface area contributed by atoms with Gasteiger partial charge in [0.1, 0.15) is 0 Å². The molecule has 1 N–H and O–H groups in total. The molecule has 100 valence electrons. The second kappa shape index (κ2) is 5.61. The van der Waals surface area contributed by atoms with E-state index in [2.05, 4.69) is 5.32 Å². The Morgan fingerprint density at radius 3 is 2.39 bits per heavy atom. The van der Waals surface area contributed by atoms with Crippen LogP contribution in [-0.2, 0) is 10.9 Å². The normalized spacial score (nSPS) is 15.7. The minimum atomic E-state index is -4.27. The molecule has 5 heteroatoms. The van der Waals surface area contributed by atoms with Gasteiger partial charge in [0, 0.05) is 18.8 Å². The van der Waals surface area contributed by atoms with Crippen LogP contribution in [0, 0.1) is 5.92 Å². The SMILES string of the molecule is FC(F)(F)c1ccc(NCCOCC2CC2)cc1. The quantitative estimate of drug-likeness (QED) is 0.789. The van der Waals surface area contributed by atoms with E-state index in [0.29, 0.717) is 18.8 Å². The van der Waals surface area contributed by atoms with Crippen LogP contribution in [0.5, 0.6) is 0 Å². The lowest BCUT2D eigenvalue weighted by molar-refractivity contribution is -0.137. The number of anilines is 1. The van der Waals surface area contributed by atoms with Crippen molar-refractivity contribution >= 4 is 5.69 Å². The highest BCUT2D eigenvalue weighted by atomic mass is 19.4. The van der Waals surface area contributed by atoms with Gasteiger partial charge >= 0.3 is 6.18 Å². The van der Waals surface area contributed by atoms with Gasteiger partial charge < -0.3 is 10.1 Å². The summed E-state index contributed by atoms with van der Waals surface area (Å²) in [7, 11) is 0. The lowest BCUT2D eigenvalue weighted by atomic mass is 10.2. The third-order valence-corrected chi connectivity index (χ3v) is 2.84. The highest BCUT2D eigenvalue weighted by Gasteiger charge is 2.29. The minimum Gasteiger partial charge on any atom is -0.383 e. The number of halogens is 3. The van der Waals surface area contributed by atoms with Gasteiger partial charge in [0.25, 0.3) is 0 Å². The third kappa shape index (κ3) is 4.22. The van der Waals surface area contributed by atoms with Gasteiger partial charge in [-0.25, -0.2) is 0 Å². The summed E-state index contributed by atoms with van der Waals surface area (Å²) >= 11 is 0. The number of nitrogens with one attached hydrogen (secondary N) is 1. The molecule has 0 aliphatic heterocycles. The van der Waals surface area contributed by atoms with Crippen molar-refractivity contribution in [2.45, 2.75) is 19.0 Å². The molecule has 18 heavy (non-hydrogen) atoms. The molecule has 0 saturated heterocycles. The van der Waals surface area contributed by atoms with Crippen molar-refractivity contribution in [3.63, 3.8) is 0 Å². The Morgan fingerprint density at radius 1 is 1.17 bits per heavy atom. The second-order valence-corrected chi connectivity index (χ2v) is 4.52. The van der Waals surface area contributed by atoms with Crippen molar-refractivity contribution in [1.82, 2.24) is 0 Å². The van der Waals surface area contributed by atoms with E-state index in [4.69, 9.17) is 4.74 Å². The Morgan fingerprint density at radius 2 is 1.83 bits per heavy atom. The summed E-state index contributed by atoms with van der Waals surface area (Å²) in [5.41, 5.74) is 0.0519. The molecule has 1 saturated carbocycles. The molecule has 2 rings (SSSR count). The van der Waals surface area contributed by atoms with Crippen LogP contribution < -0.4 is 5.32 Å².